The molecule has 1 aromatic carbocycles. The van der Waals surface area contributed by atoms with Crippen LogP contribution in [-0.2, 0) is 0 Å². The summed E-state index contributed by atoms with van der Waals surface area (Å²) in [4.78, 5) is 21.1. The predicted octanol–water partition coefficient (Wildman–Crippen LogP) is 3.99. The number of carbonyl (C=O) groups excluding carboxylic acids is 1. The Morgan fingerprint density at radius 3 is 2.80 bits per heavy atom. The van der Waals surface area contributed by atoms with E-state index in [-0.39, 0.29) is 6.03 Å². The highest BCUT2D eigenvalue weighted by atomic mass is 32.1. The molecule has 0 radical (unpaired) electrons. The van der Waals surface area contributed by atoms with E-state index in [9.17, 15) is 10.0 Å². The van der Waals surface area contributed by atoms with E-state index < -0.39 is 0 Å². The Bertz CT molecular complexity index is 1060. The summed E-state index contributed by atoms with van der Waals surface area (Å²) in [6.07, 6.45) is 6.84. The van der Waals surface area contributed by atoms with Gasteiger partial charge in [0.15, 0.2) is 0 Å². The molecule has 3 rings (SSSR count). The Morgan fingerprint density at radius 1 is 1.30 bits per heavy atom. The van der Waals surface area contributed by atoms with Crippen LogP contribution in [0.2, 0.25) is 0 Å². The summed E-state index contributed by atoms with van der Waals surface area (Å²) in [6.45, 7) is 4.24. The standard InChI is InChI=1S/C22H23N5O2S/c1-3-8-16(12-25-29)18-13-24-20(27-22(28)23-4-2)11-17(18)21-26-19(14-30-21)15-9-6-5-7-10-15/h3,5-14H,4,25H2,1-2H3,(H2,23,24,27,28)/b8-3-,16-12+. The molecule has 2 heterocycles. The number of carbonyl (C=O) groups is 1. The first kappa shape index (κ1) is 21.4. The summed E-state index contributed by atoms with van der Waals surface area (Å²) in [5.41, 5.74) is 4.90. The molecule has 30 heavy (non-hydrogen) atoms. The molecule has 0 unspecified atom stereocenters. The number of hydrogen-bond acceptors (Lipinski definition) is 5. The fourth-order valence-corrected chi connectivity index (χ4v) is 3.74. The number of allylic oxidation sites excluding steroid dienone is 3. The Kier molecular flexibility index (Phi) is 7.45. The number of aromatic nitrogens is 2. The number of pyridine rings is 1. The van der Waals surface area contributed by atoms with Gasteiger partial charge >= 0.3 is 6.03 Å². The van der Waals surface area contributed by atoms with Gasteiger partial charge in [-0.05, 0) is 19.9 Å². The van der Waals surface area contributed by atoms with Gasteiger partial charge in [-0.2, -0.15) is 0 Å². The minimum atomic E-state index is -0.329. The van der Waals surface area contributed by atoms with Gasteiger partial charge in [-0.1, -0.05) is 42.5 Å². The van der Waals surface area contributed by atoms with Gasteiger partial charge in [-0.3, -0.25) is 5.32 Å². The smallest absolute Gasteiger partial charge is 0.320 e. The highest BCUT2D eigenvalue weighted by Gasteiger charge is 2.16. The second-order valence-corrected chi connectivity index (χ2v) is 7.12. The number of nitrogens with zero attached hydrogens (tertiary/aromatic N) is 2. The molecule has 7 nitrogen and oxygen atoms in total. The lowest BCUT2D eigenvalue weighted by atomic mass is 10.0. The number of quaternary nitrogens is 1. The summed E-state index contributed by atoms with van der Waals surface area (Å²) in [5, 5.41) is 19.4. The topological polar surface area (TPSA) is 107 Å². The molecular weight excluding hydrogens is 398 g/mol. The third-order valence-corrected chi connectivity index (χ3v) is 5.07. The predicted molar refractivity (Wildman–Crippen MR) is 122 cm³/mol. The molecular formula is C22H23N5O2S. The van der Waals surface area contributed by atoms with Crippen LogP contribution in [0, 0.1) is 5.21 Å². The molecule has 0 bridgehead atoms. The maximum Gasteiger partial charge on any atom is 0.320 e. The molecule has 0 saturated carbocycles. The van der Waals surface area contributed by atoms with Crippen molar-refractivity contribution >= 4 is 28.8 Å². The molecule has 0 saturated heterocycles. The first-order valence-corrected chi connectivity index (χ1v) is 10.4. The number of thiazole rings is 1. The van der Waals surface area contributed by atoms with Crippen molar-refractivity contribution < 1.29 is 10.3 Å². The van der Waals surface area contributed by atoms with E-state index in [1.165, 1.54) is 17.5 Å². The number of hydroxylamine groups is 1. The van der Waals surface area contributed by atoms with Gasteiger partial charge in [0.25, 0.3) is 0 Å². The fraction of sp³-hybridized carbons (Fsp3) is 0.136. The lowest BCUT2D eigenvalue weighted by Crippen LogP contribution is -2.70. The molecule has 0 aliphatic carbocycles. The van der Waals surface area contributed by atoms with Crippen LogP contribution in [0.5, 0.6) is 0 Å². The summed E-state index contributed by atoms with van der Waals surface area (Å²) in [5.74, 6) is 0.405. The van der Waals surface area contributed by atoms with Crippen molar-refractivity contribution in [3.63, 3.8) is 0 Å². The summed E-state index contributed by atoms with van der Waals surface area (Å²) in [6, 6.07) is 11.4. The number of urea groups is 1. The van der Waals surface area contributed by atoms with E-state index in [1.807, 2.05) is 61.7 Å². The zero-order chi connectivity index (χ0) is 21.3. The zero-order valence-corrected chi connectivity index (χ0v) is 17.6. The second-order valence-electron chi connectivity index (χ2n) is 6.26. The highest BCUT2D eigenvalue weighted by Crippen LogP contribution is 2.35. The normalized spacial score (nSPS) is 11.6. The monoisotopic (exact) mass is 421 g/mol. The summed E-state index contributed by atoms with van der Waals surface area (Å²) < 4.78 is 0. The van der Waals surface area contributed by atoms with E-state index in [4.69, 9.17) is 4.98 Å². The van der Waals surface area contributed by atoms with Crippen molar-refractivity contribution in [2.45, 2.75) is 13.8 Å². The fourth-order valence-electron chi connectivity index (χ4n) is 2.88. The molecule has 0 spiro atoms. The SMILES string of the molecule is C/C=C\C(=C/[NH2+][O-])c1cnc(NC(=O)NCC)cc1-c1nc(-c2ccccc2)cs1. The Morgan fingerprint density at radius 2 is 2.10 bits per heavy atom. The third kappa shape index (κ3) is 5.18. The molecule has 3 aromatic rings. The maximum absolute atomic E-state index is 11.9. The van der Waals surface area contributed by atoms with E-state index in [0.717, 1.165) is 38.4 Å². The zero-order valence-electron chi connectivity index (χ0n) is 16.8. The van der Waals surface area contributed by atoms with E-state index in [2.05, 4.69) is 15.6 Å². The molecule has 0 fully saturated rings. The number of benzene rings is 1. The van der Waals surface area contributed by atoms with Crippen molar-refractivity contribution in [1.29, 1.82) is 0 Å². The minimum Gasteiger partial charge on any atom is -0.631 e. The number of rotatable bonds is 7. The third-order valence-electron chi connectivity index (χ3n) is 4.19. The van der Waals surface area contributed by atoms with Gasteiger partial charge in [0.1, 0.15) is 17.0 Å². The van der Waals surface area contributed by atoms with Crippen LogP contribution in [-0.4, -0.2) is 22.5 Å². The highest BCUT2D eigenvalue weighted by molar-refractivity contribution is 7.13. The molecule has 4 N–H and O–H groups in total. The van der Waals surface area contributed by atoms with Gasteiger partial charge in [-0.25, -0.2) is 14.8 Å². The number of nitrogens with one attached hydrogen (secondary N) is 2. The molecule has 2 amide bonds. The van der Waals surface area contributed by atoms with Crippen molar-refractivity contribution in [2.75, 3.05) is 11.9 Å². The van der Waals surface area contributed by atoms with Gasteiger partial charge in [0, 0.05) is 40.4 Å². The van der Waals surface area contributed by atoms with Crippen LogP contribution in [0.3, 0.4) is 0 Å². The summed E-state index contributed by atoms with van der Waals surface area (Å²) in [7, 11) is 0. The maximum atomic E-state index is 11.9. The lowest BCUT2D eigenvalue weighted by Gasteiger charge is -2.11. The van der Waals surface area contributed by atoms with E-state index in [0.29, 0.717) is 12.4 Å². The van der Waals surface area contributed by atoms with Crippen LogP contribution in [0.4, 0.5) is 10.6 Å². The van der Waals surface area contributed by atoms with Crippen LogP contribution in [0.1, 0.15) is 19.4 Å². The van der Waals surface area contributed by atoms with Gasteiger partial charge in [0.2, 0.25) is 0 Å². The van der Waals surface area contributed by atoms with E-state index in [1.54, 1.807) is 12.3 Å². The van der Waals surface area contributed by atoms with Crippen LogP contribution < -0.4 is 16.1 Å². The first-order valence-electron chi connectivity index (χ1n) is 9.51. The Hall–Kier alpha value is -3.33. The van der Waals surface area contributed by atoms with Crippen molar-refractivity contribution in [3.8, 4) is 21.8 Å². The van der Waals surface area contributed by atoms with E-state index >= 15 is 0 Å². The van der Waals surface area contributed by atoms with Gasteiger partial charge in [-0.15, -0.1) is 11.3 Å². The molecule has 0 aliphatic rings. The number of anilines is 1. The molecule has 8 heteroatoms. The van der Waals surface area contributed by atoms with Crippen LogP contribution >= 0.6 is 11.3 Å². The lowest BCUT2D eigenvalue weighted by molar-refractivity contribution is -0.513. The minimum absolute atomic E-state index is 0.329. The molecule has 2 aromatic heterocycles. The summed E-state index contributed by atoms with van der Waals surface area (Å²) >= 11 is 1.50. The Balaban J connectivity index is 2.08. The number of hydrogen-bond donors (Lipinski definition) is 3. The van der Waals surface area contributed by atoms with Gasteiger partial charge < -0.3 is 16.0 Å². The largest absolute Gasteiger partial charge is 0.631 e. The molecule has 0 aliphatic heterocycles. The van der Waals surface area contributed by atoms with Crippen molar-refractivity contribution in [1.82, 2.24) is 15.3 Å². The average molecular weight is 422 g/mol. The first-order chi connectivity index (χ1) is 14.7. The number of nitrogens with two attached hydrogens (primary N) is 1. The van der Waals surface area contributed by atoms with Crippen molar-refractivity contribution in [3.05, 3.63) is 77.1 Å². The molecule has 0 atom stereocenters. The molecule has 154 valence electrons. The van der Waals surface area contributed by atoms with Crippen molar-refractivity contribution in [2.24, 2.45) is 0 Å². The average Bonchev–Trinajstić information content (AvgIpc) is 3.25. The second kappa shape index (κ2) is 10.4. The van der Waals surface area contributed by atoms with Crippen LogP contribution in [0.15, 0.2) is 66.3 Å². The number of amides is 2. The Labute approximate surface area is 179 Å². The van der Waals surface area contributed by atoms with Crippen LogP contribution in [0.25, 0.3) is 27.4 Å². The quantitative estimate of drug-likeness (QED) is 0.396. The van der Waals surface area contributed by atoms with Gasteiger partial charge in [0.05, 0.1) is 5.69 Å².